The summed E-state index contributed by atoms with van der Waals surface area (Å²) in [4.78, 5) is 6.17. The third-order valence-electron chi connectivity index (χ3n) is 0.362. The van der Waals surface area contributed by atoms with Gasteiger partial charge < -0.3 is 9.97 Å². The molecule has 1 N–H and O–H groups in total. The normalized spacial score (nSPS) is 5.71. The Labute approximate surface area is 62.8 Å². The Morgan fingerprint density at radius 2 is 2.29 bits per heavy atom. The molecule has 2 nitrogen and oxygen atoms in total. The fourth-order valence-corrected chi connectivity index (χ4v) is 0.186. The zero-order valence-corrected chi connectivity index (χ0v) is 5.43. The molecule has 4 heteroatoms. The number of hydrogen-bond acceptors (Lipinski definition) is 1. The van der Waals surface area contributed by atoms with Crippen LogP contribution in [0.1, 0.15) is 0 Å². The summed E-state index contributed by atoms with van der Waals surface area (Å²) in [6.45, 7) is 0. The first-order valence-corrected chi connectivity index (χ1v) is 1.35. The quantitative estimate of drug-likeness (QED) is 0.450. The van der Waals surface area contributed by atoms with E-state index in [9.17, 15) is 0 Å². The van der Waals surface area contributed by atoms with E-state index < -0.39 is 0 Å². The second-order valence-electron chi connectivity index (χ2n) is 0.701. The molecule has 0 unspecified atom stereocenters. The predicted octanol–water partition coefficient (Wildman–Crippen LogP) is 0.205. The van der Waals surface area contributed by atoms with E-state index in [2.05, 4.69) is 16.3 Å². The number of rotatable bonds is 0. The molecule has 0 amide bonds. The fourth-order valence-electron chi connectivity index (χ4n) is 0.186. The second-order valence-corrected chi connectivity index (χ2v) is 0.701. The first-order valence-electron chi connectivity index (χ1n) is 1.35. The maximum Gasteiger partial charge on any atom is 0 e. The molecule has 1 heterocycles. The molecule has 1 radical (unpaired) electrons. The van der Waals surface area contributed by atoms with Gasteiger partial charge in [0, 0.05) is 33.8 Å². The minimum Gasteiger partial charge on any atom is -0.467 e. The maximum absolute atomic E-state index is 3.54. The molecule has 0 saturated heterocycles. The van der Waals surface area contributed by atoms with Gasteiger partial charge in [-0.1, -0.05) is 0 Å². The molecule has 1 rings (SSSR count). The average molecular weight is 182 g/mol. The minimum absolute atomic E-state index is 0. The topological polar surface area (TPSA) is 28.7 Å². The van der Waals surface area contributed by atoms with Crippen molar-refractivity contribution in [2.24, 2.45) is 0 Å². The van der Waals surface area contributed by atoms with Gasteiger partial charge in [-0.25, -0.2) is 0 Å². The standard InChI is InChI=1S/C3H3N2.Co.Fe/c1-2-5-3-4-1;;/h1-2H,(H,4,5);;/q-1;;. The van der Waals surface area contributed by atoms with E-state index in [1.54, 1.807) is 12.4 Å². The molecule has 0 aliphatic carbocycles. The maximum atomic E-state index is 3.54. The molecule has 0 bridgehead atoms. The number of aromatic nitrogens is 2. The van der Waals surface area contributed by atoms with Crippen LogP contribution in [0.25, 0.3) is 0 Å². The number of hydrogen-bond donors (Lipinski definition) is 1. The third kappa shape index (κ3) is 4.08. The van der Waals surface area contributed by atoms with Crippen molar-refractivity contribution in [2.45, 2.75) is 0 Å². The van der Waals surface area contributed by atoms with Gasteiger partial charge in [0.05, 0.1) is 0 Å². The molecular formula is C3H3CoFeN2-. The Balaban J connectivity index is 0. The Morgan fingerprint density at radius 3 is 2.43 bits per heavy atom. The van der Waals surface area contributed by atoms with Crippen LogP contribution in [0.5, 0.6) is 0 Å². The van der Waals surface area contributed by atoms with Gasteiger partial charge in [0.15, 0.2) is 0 Å². The van der Waals surface area contributed by atoms with Crippen LogP contribution in [0.15, 0.2) is 12.4 Å². The fraction of sp³-hybridized carbons (Fsp3) is 0. The summed E-state index contributed by atoms with van der Waals surface area (Å²) < 4.78 is 0. The Kier molecular flexibility index (Phi) is 9.14. The molecular weight excluding hydrogens is 179 g/mol. The molecule has 0 atom stereocenters. The number of nitrogens with zero attached hydrogens (tertiary/aromatic N) is 1. The van der Waals surface area contributed by atoms with E-state index >= 15 is 0 Å². The zero-order chi connectivity index (χ0) is 3.54. The van der Waals surface area contributed by atoms with Crippen LogP contribution in [0.3, 0.4) is 0 Å². The number of imidazole rings is 1. The number of aromatic amines is 1. The third-order valence-corrected chi connectivity index (χ3v) is 0.362. The largest absolute Gasteiger partial charge is 0.467 e. The van der Waals surface area contributed by atoms with Gasteiger partial charge in [0.2, 0.25) is 0 Å². The summed E-state index contributed by atoms with van der Waals surface area (Å²) in [5.74, 6) is 0. The van der Waals surface area contributed by atoms with Gasteiger partial charge in [0.25, 0.3) is 0 Å². The molecule has 7 heavy (non-hydrogen) atoms. The molecule has 1 aromatic heterocycles. The summed E-state index contributed by atoms with van der Waals surface area (Å²) in [6, 6.07) is 0. The van der Waals surface area contributed by atoms with Crippen LogP contribution in [-0.2, 0) is 33.8 Å². The summed E-state index contributed by atoms with van der Waals surface area (Å²) in [5.41, 5.74) is 0. The van der Waals surface area contributed by atoms with Crippen molar-refractivity contribution >= 4 is 0 Å². The second kappa shape index (κ2) is 6.24. The first kappa shape index (κ1) is 10.3. The van der Waals surface area contributed by atoms with Crippen LogP contribution in [0, 0.1) is 6.33 Å². The molecule has 0 spiro atoms. The smallest absolute Gasteiger partial charge is 0 e. The summed E-state index contributed by atoms with van der Waals surface area (Å²) >= 11 is 0. The van der Waals surface area contributed by atoms with Gasteiger partial charge in [0.1, 0.15) is 0 Å². The van der Waals surface area contributed by atoms with Gasteiger partial charge in [-0.3, -0.25) is 0 Å². The van der Waals surface area contributed by atoms with E-state index in [1.807, 2.05) is 0 Å². The van der Waals surface area contributed by atoms with Gasteiger partial charge in [-0.2, -0.15) is 0 Å². The van der Waals surface area contributed by atoms with Crippen LogP contribution < -0.4 is 0 Å². The summed E-state index contributed by atoms with van der Waals surface area (Å²) in [5, 5.41) is 0. The van der Waals surface area contributed by atoms with Crippen molar-refractivity contribution in [1.29, 1.82) is 0 Å². The summed E-state index contributed by atoms with van der Waals surface area (Å²) in [6.07, 6.45) is 5.83. The number of nitrogens with one attached hydrogen (secondary N) is 1. The molecule has 0 fully saturated rings. The van der Waals surface area contributed by atoms with Crippen LogP contribution >= 0.6 is 0 Å². The van der Waals surface area contributed by atoms with E-state index in [0.29, 0.717) is 0 Å². The van der Waals surface area contributed by atoms with E-state index in [4.69, 9.17) is 0 Å². The van der Waals surface area contributed by atoms with Gasteiger partial charge in [-0.05, 0) is 6.33 Å². The van der Waals surface area contributed by atoms with Crippen LogP contribution in [0.4, 0.5) is 0 Å². The van der Waals surface area contributed by atoms with Crippen molar-refractivity contribution in [2.75, 3.05) is 0 Å². The minimum atomic E-state index is 0. The van der Waals surface area contributed by atoms with Gasteiger partial charge in [-0.15, -0.1) is 12.4 Å². The predicted molar refractivity (Wildman–Crippen MR) is 17.4 cm³/mol. The summed E-state index contributed by atoms with van der Waals surface area (Å²) in [7, 11) is 0. The molecule has 43 valence electrons. The molecule has 1 aromatic rings. The SMILES string of the molecule is [Co].[Fe].[c-]1ncc[nH]1. The van der Waals surface area contributed by atoms with E-state index in [0.717, 1.165) is 0 Å². The Morgan fingerprint density at radius 1 is 1.57 bits per heavy atom. The van der Waals surface area contributed by atoms with Crippen molar-refractivity contribution in [3.63, 3.8) is 0 Å². The number of H-pyrrole nitrogens is 1. The monoisotopic (exact) mass is 182 g/mol. The average Bonchev–Trinajstić information content (AvgIpc) is 1.76. The molecule has 0 aliphatic heterocycles. The Bertz CT molecular complexity index is 69.4. The zero-order valence-electron chi connectivity index (χ0n) is 3.29. The molecule has 0 saturated carbocycles. The van der Waals surface area contributed by atoms with Crippen LogP contribution in [0.2, 0.25) is 0 Å². The van der Waals surface area contributed by atoms with Crippen molar-refractivity contribution in [3.05, 3.63) is 18.7 Å². The van der Waals surface area contributed by atoms with Gasteiger partial charge >= 0.3 is 0 Å². The van der Waals surface area contributed by atoms with E-state index in [1.165, 1.54) is 0 Å². The first-order chi connectivity index (χ1) is 2.50. The van der Waals surface area contributed by atoms with Crippen LogP contribution in [-0.4, -0.2) is 9.97 Å². The van der Waals surface area contributed by atoms with Crippen molar-refractivity contribution in [3.8, 4) is 0 Å². The van der Waals surface area contributed by atoms with Crippen molar-refractivity contribution in [1.82, 2.24) is 9.97 Å². The molecule has 0 aromatic carbocycles. The van der Waals surface area contributed by atoms with E-state index in [-0.39, 0.29) is 33.8 Å². The van der Waals surface area contributed by atoms with Crippen molar-refractivity contribution < 1.29 is 33.8 Å². The Hall–Kier alpha value is 0.236. The molecule has 0 aliphatic rings.